The number of hydrogen-bond donors (Lipinski definition) is 0. The van der Waals surface area contributed by atoms with E-state index in [2.05, 4.69) is 0 Å². The molecule has 0 amide bonds. The van der Waals surface area contributed by atoms with Crippen molar-refractivity contribution in [1.29, 1.82) is 0 Å². The molecule has 0 saturated carbocycles. The molecule has 15 heteroatoms. The van der Waals surface area contributed by atoms with Gasteiger partial charge in [0, 0.05) is 58.1 Å². The van der Waals surface area contributed by atoms with Crippen molar-refractivity contribution < 1.29 is 89.4 Å². The Morgan fingerprint density at radius 1 is 0.741 bits per heavy atom. The number of thioether (sulfide) groups is 2. The SMILES string of the molecule is C=O.C=O.C=O.C=O.C=O.C=O.O=C([O-])CSCCS[C@@H](Cl)C(=O)[O-].[Re].[Re]. The third-order valence-electron chi connectivity index (χ3n) is 0.897. The van der Waals surface area contributed by atoms with Crippen molar-refractivity contribution in [3.63, 3.8) is 0 Å². The van der Waals surface area contributed by atoms with Gasteiger partial charge >= 0.3 is 0 Å². The number of hydrogen-bond acceptors (Lipinski definition) is 12. The van der Waals surface area contributed by atoms with E-state index in [1.165, 1.54) is 0 Å². The Bertz CT molecular complexity index is 269. The van der Waals surface area contributed by atoms with E-state index in [1.54, 1.807) is 0 Å². The summed E-state index contributed by atoms with van der Waals surface area (Å²) in [6.45, 7) is 12.0. The fraction of sp³-hybridized carbons (Fsp3) is 0.333. The van der Waals surface area contributed by atoms with E-state index in [0.29, 0.717) is 11.5 Å². The van der Waals surface area contributed by atoms with E-state index in [0.717, 1.165) is 23.5 Å². The molecule has 162 valence electrons. The van der Waals surface area contributed by atoms with Crippen molar-refractivity contribution in [3.05, 3.63) is 0 Å². The third kappa shape index (κ3) is 108. The molecule has 0 saturated heterocycles. The molecule has 0 heterocycles. The average molecular weight is 795 g/mol. The van der Waals surface area contributed by atoms with E-state index >= 15 is 0 Å². The van der Waals surface area contributed by atoms with Gasteiger partial charge in [-0.3, -0.25) is 0 Å². The molecule has 1 atom stereocenters. The van der Waals surface area contributed by atoms with E-state index < -0.39 is 16.6 Å². The van der Waals surface area contributed by atoms with Gasteiger partial charge in [0.1, 0.15) is 45.4 Å². The minimum atomic E-state index is -1.32. The standard InChI is InChI=1S/C6H9ClO4S2.6CH2O.2Re/c7-5(6(10)11)13-2-1-12-3-4(8)9;6*1-2;;/h5H,1-3H2,(H,8,9)(H,10,11);6*1H2;;/p-2/t5-;;;;;;;;/m1......../s1. The van der Waals surface area contributed by atoms with Crippen LogP contribution in [0.2, 0.25) is 0 Å². The Morgan fingerprint density at radius 3 is 1.26 bits per heavy atom. The molecule has 0 fully saturated rings. The van der Waals surface area contributed by atoms with Gasteiger partial charge in [0.05, 0.1) is 11.9 Å². The zero-order chi connectivity index (χ0) is 22.3. The van der Waals surface area contributed by atoms with Crippen LogP contribution in [0.1, 0.15) is 0 Å². The molecule has 0 aliphatic heterocycles. The summed E-state index contributed by atoms with van der Waals surface area (Å²) in [7, 11) is 0. The van der Waals surface area contributed by atoms with Crippen molar-refractivity contribution in [2.45, 2.75) is 4.71 Å². The van der Waals surface area contributed by atoms with Crippen LogP contribution in [0.4, 0.5) is 0 Å². The molecule has 0 aliphatic rings. The first kappa shape index (κ1) is 56.2. The summed E-state index contributed by atoms with van der Waals surface area (Å²) >= 11 is 7.49. The fourth-order valence-electron chi connectivity index (χ4n) is 0.434. The van der Waals surface area contributed by atoms with E-state index in [4.69, 9.17) is 40.4 Å². The number of carboxylic acid groups (broad SMARTS) is 2. The first-order chi connectivity index (χ1) is 12.0. The van der Waals surface area contributed by atoms with Crippen molar-refractivity contribution in [2.24, 2.45) is 0 Å². The molecule has 0 spiro atoms. The van der Waals surface area contributed by atoms with Gasteiger partial charge < -0.3 is 48.6 Å². The van der Waals surface area contributed by atoms with Gasteiger partial charge in [-0.2, -0.15) is 11.8 Å². The number of carboxylic acids is 2. The molecular weight excluding hydrogens is 776 g/mol. The van der Waals surface area contributed by atoms with E-state index in [1.807, 2.05) is 40.7 Å². The first-order valence-electron chi connectivity index (χ1n) is 5.01. The van der Waals surface area contributed by atoms with Crippen LogP contribution in [-0.4, -0.2) is 74.6 Å². The second kappa shape index (κ2) is 84.5. The maximum absolute atomic E-state index is 10.1. The number of carbonyl (C=O) groups is 8. The van der Waals surface area contributed by atoms with Crippen LogP contribution in [0, 0.1) is 0 Å². The normalized spacial score (nSPS) is 6.85. The van der Waals surface area contributed by atoms with Crippen LogP contribution in [0.15, 0.2) is 0 Å². The molecule has 0 aromatic heterocycles. The number of rotatable bonds is 7. The number of carbonyl (C=O) groups excluding carboxylic acids is 8. The topological polar surface area (TPSA) is 183 Å². The van der Waals surface area contributed by atoms with Crippen molar-refractivity contribution in [3.8, 4) is 0 Å². The summed E-state index contributed by atoms with van der Waals surface area (Å²) in [5.41, 5.74) is 0. The summed E-state index contributed by atoms with van der Waals surface area (Å²) < 4.78 is -1.07. The summed E-state index contributed by atoms with van der Waals surface area (Å²) in [6.07, 6.45) is 0. The van der Waals surface area contributed by atoms with Gasteiger partial charge in [-0.15, -0.1) is 23.4 Å². The predicted octanol–water partition coefficient (Wildman–Crippen LogP) is -2.60. The second-order valence-electron chi connectivity index (χ2n) is 1.93. The summed E-state index contributed by atoms with van der Waals surface area (Å²) in [4.78, 5) is 68.0. The zero-order valence-corrected chi connectivity index (χ0v) is 21.8. The van der Waals surface area contributed by atoms with Gasteiger partial charge in [0.15, 0.2) is 0 Å². The van der Waals surface area contributed by atoms with Crippen LogP contribution in [0.25, 0.3) is 0 Å². The molecule has 0 bridgehead atoms. The van der Waals surface area contributed by atoms with Crippen LogP contribution >= 0.6 is 35.1 Å². The maximum atomic E-state index is 10.1. The Kier molecular flexibility index (Phi) is 176. The number of halogens is 1. The molecular formula is C12H19ClO10Re2S2-2. The average Bonchev–Trinajstić information content (AvgIpc) is 2.70. The smallest absolute Gasteiger partial charge is 0.118 e. The Balaban J connectivity index is -0.0000000282. The minimum absolute atomic E-state index is 0. The summed E-state index contributed by atoms with van der Waals surface area (Å²) in [6, 6.07) is 0. The van der Waals surface area contributed by atoms with E-state index in [-0.39, 0.29) is 46.6 Å². The van der Waals surface area contributed by atoms with Gasteiger partial charge in [-0.05, 0) is 0 Å². The zero-order valence-electron chi connectivity index (χ0n) is 14.0. The molecule has 0 unspecified atom stereocenters. The summed E-state index contributed by atoms with van der Waals surface area (Å²) in [5, 5.41) is 20.0. The quantitative estimate of drug-likeness (QED) is 0.194. The molecule has 0 rings (SSSR count). The minimum Gasteiger partial charge on any atom is -0.549 e. The molecule has 0 N–H and O–H groups in total. The van der Waals surface area contributed by atoms with Gasteiger partial charge in [-0.1, -0.05) is 0 Å². The fourth-order valence-corrected chi connectivity index (χ4v) is 2.21. The van der Waals surface area contributed by atoms with Crippen LogP contribution < -0.4 is 10.2 Å². The van der Waals surface area contributed by atoms with Gasteiger partial charge in [0.2, 0.25) is 0 Å². The third-order valence-corrected chi connectivity index (χ3v) is 3.57. The molecule has 0 aromatic rings. The molecule has 0 aliphatic carbocycles. The van der Waals surface area contributed by atoms with Gasteiger partial charge in [-0.25, -0.2) is 0 Å². The van der Waals surface area contributed by atoms with Gasteiger partial charge in [0.25, 0.3) is 0 Å². The van der Waals surface area contributed by atoms with Crippen molar-refractivity contribution in [1.82, 2.24) is 0 Å². The Labute approximate surface area is 198 Å². The van der Waals surface area contributed by atoms with Crippen molar-refractivity contribution in [2.75, 3.05) is 17.3 Å². The number of alkyl halides is 1. The van der Waals surface area contributed by atoms with Crippen molar-refractivity contribution >= 4 is 87.8 Å². The van der Waals surface area contributed by atoms with E-state index in [9.17, 15) is 19.8 Å². The monoisotopic (exact) mass is 796 g/mol. The Hall–Kier alpha value is -0.725. The Morgan fingerprint density at radius 2 is 1.04 bits per heavy atom. The molecule has 10 nitrogen and oxygen atoms in total. The molecule has 2 radical (unpaired) electrons. The van der Waals surface area contributed by atoms with Crippen LogP contribution in [0.3, 0.4) is 0 Å². The molecule has 27 heavy (non-hydrogen) atoms. The predicted molar refractivity (Wildman–Crippen MR) is 92.2 cm³/mol. The van der Waals surface area contributed by atoms with Crippen LogP contribution in [0.5, 0.6) is 0 Å². The largest absolute Gasteiger partial charge is 0.549 e. The maximum Gasteiger partial charge on any atom is 0.118 e. The van der Waals surface area contributed by atoms with Crippen LogP contribution in [-0.2, 0) is 79.2 Å². The first-order valence-corrected chi connectivity index (χ1v) is 7.65. The molecule has 0 aromatic carbocycles. The second-order valence-corrected chi connectivity index (χ2v) is 4.94. The summed E-state index contributed by atoms with van der Waals surface area (Å²) in [5.74, 6) is -1.54. The number of aliphatic carboxylic acids is 2.